The molecule has 4 heteroatoms. The Morgan fingerprint density at radius 3 is 2.50 bits per heavy atom. The predicted molar refractivity (Wildman–Crippen MR) is 77.6 cm³/mol. The number of hydrogen-bond acceptors (Lipinski definition) is 2. The summed E-state index contributed by atoms with van der Waals surface area (Å²) in [6.45, 7) is 0.698. The van der Waals surface area contributed by atoms with Crippen molar-refractivity contribution in [2.45, 2.75) is 6.54 Å². The second kappa shape index (κ2) is 5.90. The molecule has 0 saturated carbocycles. The Morgan fingerprint density at radius 2 is 1.89 bits per heavy atom. The molecule has 0 bridgehead atoms. The molecule has 2 nitrogen and oxygen atoms in total. The van der Waals surface area contributed by atoms with Gasteiger partial charge in [-0.1, -0.05) is 33.6 Å². The van der Waals surface area contributed by atoms with E-state index in [2.05, 4.69) is 27.3 Å². The molecular weight excluding hydrogens is 312 g/mol. The molecule has 2 aromatic rings. The van der Waals surface area contributed by atoms with Gasteiger partial charge < -0.3 is 5.32 Å². The van der Waals surface area contributed by atoms with Crippen LogP contribution in [-0.4, -0.2) is 0 Å². The highest BCUT2D eigenvalue weighted by atomic mass is 79.9. The zero-order chi connectivity index (χ0) is 13.0. The van der Waals surface area contributed by atoms with Crippen molar-refractivity contribution < 1.29 is 0 Å². The minimum absolute atomic E-state index is 0.660. The summed E-state index contributed by atoms with van der Waals surface area (Å²) in [5, 5.41) is 12.7. The van der Waals surface area contributed by atoms with Gasteiger partial charge in [0.15, 0.2) is 0 Å². The highest BCUT2D eigenvalue weighted by molar-refractivity contribution is 9.10. The van der Waals surface area contributed by atoms with Gasteiger partial charge >= 0.3 is 0 Å². The van der Waals surface area contributed by atoms with E-state index in [0.29, 0.717) is 17.1 Å². The van der Waals surface area contributed by atoms with Crippen molar-refractivity contribution in [2.24, 2.45) is 0 Å². The van der Waals surface area contributed by atoms with Crippen molar-refractivity contribution in [3.05, 3.63) is 63.1 Å². The Hall–Kier alpha value is -1.50. The number of nitrogens with zero attached hydrogens (tertiary/aromatic N) is 1. The molecule has 0 spiro atoms. The van der Waals surface area contributed by atoms with E-state index in [9.17, 15) is 0 Å². The third kappa shape index (κ3) is 3.25. The summed E-state index contributed by atoms with van der Waals surface area (Å²) < 4.78 is 0.983. The quantitative estimate of drug-likeness (QED) is 0.897. The Labute approximate surface area is 119 Å². The van der Waals surface area contributed by atoms with Crippen LogP contribution < -0.4 is 5.32 Å². The molecule has 0 amide bonds. The zero-order valence-corrected chi connectivity index (χ0v) is 11.8. The summed E-state index contributed by atoms with van der Waals surface area (Å²) in [7, 11) is 0. The molecule has 0 aliphatic rings. The molecule has 0 aliphatic heterocycles. The lowest BCUT2D eigenvalue weighted by Crippen LogP contribution is -2.00. The van der Waals surface area contributed by atoms with Crippen LogP contribution in [0.1, 0.15) is 11.1 Å². The van der Waals surface area contributed by atoms with Crippen LogP contribution in [0.15, 0.2) is 46.9 Å². The number of hydrogen-bond donors (Lipinski definition) is 1. The average molecular weight is 322 g/mol. The van der Waals surface area contributed by atoms with Crippen LogP contribution in [0.4, 0.5) is 5.69 Å². The van der Waals surface area contributed by atoms with Gasteiger partial charge in [0.05, 0.1) is 11.6 Å². The molecule has 1 N–H and O–H groups in total. The van der Waals surface area contributed by atoms with Crippen molar-refractivity contribution >= 4 is 33.2 Å². The van der Waals surface area contributed by atoms with Gasteiger partial charge in [0, 0.05) is 21.7 Å². The summed E-state index contributed by atoms with van der Waals surface area (Å²) in [5.41, 5.74) is 2.77. The van der Waals surface area contributed by atoms with E-state index >= 15 is 0 Å². The maximum atomic E-state index is 8.71. The lowest BCUT2D eigenvalue weighted by Gasteiger charge is -2.08. The molecule has 0 unspecified atom stereocenters. The second-order valence-corrected chi connectivity index (χ2v) is 5.07. The highest BCUT2D eigenvalue weighted by Gasteiger charge is 2.01. The summed E-state index contributed by atoms with van der Waals surface area (Å²) >= 11 is 9.36. The third-order valence-corrected chi connectivity index (χ3v) is 3.49. The summed E-state index contributed by atoms with van der Waals surface area (Å²) in [4.78, 5) is 0. The maximum absolute atomic E-state index is 8.71. The molecule has 18 heavy (non-hydrogen) atoms. The smallest absolute Gasteiger partial charge is 0.0991 e. The van der Waals surface area contributed by atoms with Gasteiger partial charge in [0.25, 0.3) is 0 Å². The minimum Gasteiger partial charge on any atom is -0.381 e. The number of anilines is 1. The van der Waals surface area contributed by atoms with Gasteiger partial charge in [-0.25, -0.2) is 0 Å². The number of benzene rings is 2. The van der Waals surface area contributed by atoms with Crippen molar-refractivity contribution in [3.8, 4) is 6.07 Å². The van der Waals surface area contributed by atoms with Crippen LogP contribution in [0.2, 0.25) is 5.02 Å². The lowest BCUT2D eigenvalue weighted by molar-refractivity contribution is 1.14. The standard InChI is InChI=1S/C14H10BrClN2/c15-14-7-12(16)4-3-11(14)9-18-13-5-1-10(8-17)2-6-13/h1-7,18H,9H2. The molecule has 90 valence electrons. The minimum atomic E-state index is 0.660. The van der Waals surface area contributed by atoms with Crippen LogP contribution in [0, 0.1) is 11.3 Å². The Balaban J connectivity index is 2.04. The molecule has 0 aromatic heterocycles. The fourth-order valence-corrected chi connectivity index (χ4v) is 2.35. The maximum Gasteiger partial charge on any atom is 0.0991 e. The van der Waals surface area contributed by atoms with E-state index in [0.717, 1.165) is 15.7 Å². The molecule has 2 rings (SSSR count). The van der Waals surface area contributed by atoms with Crippen LogP contribution in [-0.2, 0) is 6.54 Å². The Morgan fingerprint density at radius 1 is 1.17 bits per heavy atom. The van der Waals surface area contributed by atoms with Gasteiger partial charge in [-0.2, -0.15) is 5.26 Å². The first-order valence-electron chi connectivity index (χ1n) is 5.37. The molecular formula is C14H10BrClN2. The number of nitrogens with one attached hydrogen (secondary N) is 1. The molecule has 0 aliphatic carbocycles. The molecule has 0 radical (unpaired) electrons. The molecule has 0 fully saturated rings. The van der Waals surface area contributed by atoms with E-state index in [-0.39, 0.29) is 0 Å². The van der Waals surface area contributed by atoms with E-state index in [1.54, 1.807) is 12.1 Å². The van der Waals surface area contributed by atoms with E-state index < -0.39 is 0 Å². The van der Waals surface area contributed by atoms with Crippen molar-refractivity contribution in [2.75, 3.05) is 5.32 Å². The highest BCUT2D eigenvalue weighted by Crippen LogP contribution is 2.22. The van der Waals surface area contributed by atoms with Gasteiger partial charge in [-0.3, -0.25) is 0 Å². The first-order valence-corrected chi connectivity index (χ1v) is 6.54. The zero-order valence-electron chi connectivity index (χ0n) is 9.45. The van der Waals surface area contributed by atoms with Gasteiger partial charge in [0.1, 0.15) is 0 Å². The molecule has 0 heterocycles. The monoisotopic (exact) mass is 320 g/mol. The van der Waals surface area contributed by atoms with Crippen LogP contribution in [0.5, 0.6) is 0 Å². The summed E-state index contributed by atoms with van der Waals surface area (Å²) in [5.74, 6) is 0. The summed E-state index contributed by atoms with van der Waals surface area (Å²) in [6, 6.07) is 15.2. The van der Waals surface area contributed by atoms with Crippen molar-refractivity contribution in [1.29, 1.82) is 5.26 Å². The Bertz CT molecular complexity index is 588. The van der Waals surface area contributed by atoms with Crippen LogP contribution in [0.25, 0.3) is 0 Å². The van der Waals surface area contributed by atoms with Crippen molar-refractivity contribution in [3.63, 3.8) is 0 Å². The van der Waals surface area contributed by atoms with E-state index in [1.165, 1.54) is 0 Å². The molecule has 0 saturated heterocycles. The number of nitriles is 1. The van der Waals surface area contributed by atoms with Gasteiger partial charge in [-0.05, 0) is 42.0 Å². The van der Waals surface area contributed by atoms with Gasteiger partial charge in [0.2, 0.25) is 0 Å². The first kappa shape index (κ1) is 12.9. The first-order chi connectivity index (χ1) is 8.69. The second-order valence-electron chi connectivity index (χ2n) is 3.78. The largest absolute Gasteiger partial charge is 0.381 e. The summed E-state index contributed by atoms with van der Waals surface area (Å²) in [6.07, 6.45) is 0. The fourth-order valence-electron chi connectivity index (χ4n) is 1.52. The number of rotatable bonds is 3. The van der Waals surface area contributed by atoms with E-state index in [4.69, 9.17) is 16.9 Å². The molecule has 0 atom stereocenters. The van der Waals surface area contributed by atoms with Crippen LogP contribution >= 0.6 is 27.5 Å². The average Bonchev–Trinajstić information content (AvgIpc) is 2.38. The van der Waals surface area contributed by atoms with Gasteiger partial charge in [-0.15, -0.1) is 0 Å². The molecule has 2 aromatic carbocycles. The van der Waals surface area contributed by atoms with E-state index in [1.807, 2.05) is 30.3 Å². The lowest BCUT2D eigenvalue weighted by atomic mass is 10.2. The predicted octanol–water partition coefficient (Wildman–Crippen LogP) is 4.59. The van der Waals surface area contributed by atoms with Crippen LogP contribution in [0.3, 0.4) is 0 Å². The SMILES string of the molecule is N#Cc1ccc(NCc2ccc(Cl)cc2Br)cc1. The normalized spacial score (nSPS) is 9.83. The fraction of sp³-hybridized carbons (Fsp3) is 0.0714. The van der Waals surface area contributed by atoms with Crippen molar-refractivity contribution in [1.82, 2.24) is 0 Å². The third-order valence-electron chi connectivity index (χ3n) is 2.51. The topological polar surface area (TPSA) is 35.8 Å². The number of halogens is 2. The Kier molecular flexibility index (Phi) is 4.24.